The predicted octanol–water partition coefficient (Wildman–Crippen LogP) is 0.902. The van der Waals surface area contributed by atoms with Crippen LogP contribution in [0.4, 0.5) is 0 Å². The second kappa shape index (κ2) is 6.62. The second-order valence-corrected chi connectivity index (χ2v) is 5.64. The molecule has 2 aromatic rings. The summed E-state index contributed by atoms with van der Waals surface area (Å²) >= 11 is 0. The molecule has 0 unspecified atom stereocenters. The van der Waals surface area contributed by atoms with Crippen molar-refractivity contribution in [3.05, 3.63) is 60.0 Å². The van der Waals surface area contributed by atoms with E-state index < -0.39 is 0 Å². The van der Waals surface area contributed by atoms with Gasteiger partial charge in [0.15, 0.2) is 11.3 Å². The number of rotatable bonds is 2. The Balaban J connectivity index is 0.00000169. The Morgan fingerprint density at radius 2 is 1.58 bits per heavy atom. The van der Waals surface area contributed by atoms with Crippen LogP contribution in [0.15, 0.2) is 59.0 Å². The first kappa shape index (κ1) is 16.5. The molecule has 0 amide bonds. The van der Waals surface area contributed by atoms with Gasteiger partial charge >= 0.3 is 0 Å². The highest BCUT2D eigenvalue weighted by Gasteiger charge is 2.17. The highest BCUT2D eigenvalue weighted by atomic mass is 35.5. The summed E-state index contributed by atoms with van der Waals surface area (Å²) < 4.78 is 8.50. The summed E-state index contributed by atoms with van der Waals surface area (Å²) in [6, 6.07) is 18.5. The van der Waals surface area contributed by atoms with Gasteiger partial charge in [-0.25, -0.2) is 9.56 Å². The second-order valence-electron chi connectivity index (χ2n) is 5.64. The highest BCUT2D eigenvalue weighted by Crippen LogP contribution is 2.29. The molecule has 1 heterocycles. The van der Waals surface area contributed by atoms with Gasteiger partial charge in [0.1, 0.15) is 24.3 Å². The van der Waals surface area contributed by atoms with Crippen molar-refractivity contribution in [3.8, 4) is 11.5 Å². The van der Waals surface area contributed by atoms with Crippen molar-refractivity contribution >= 4 is 21.9 Å². The maximum absolute atomic E-state index is 6.14. The molecule has 0 N–H and O–H groups in total. The summed E-state index contributed by atoms with van der Waals surface area (Å²) in [5, 5.41) is 3.57. The van der Waals surface area contributed by atoms with Crippen LogP contribution >= 0.6 is 0 Å². The molecular weight excluding hydrogens is 320 g/mol. The molecule has 2 aromatic carbocycles. The van der Waals surface area contributed by atoms with Crippen molar-refractivity contribution in [2.75, 3.05) is 13.1 Å². The minimum absolute atomic E-state index is 0. The third-order valence-corrected chi connectivity index (χ3v) is 4.38. The molecule has 0 saturated carbocycles. The molecule has 4 rings (SSSR count). The van der Waals surface area contributed by atoms with Crippen molar-refractivity contribution in [2.45, 2.75) is 13.8 Å². The van der Waals surface area contributed by atoms with E-state index in [0.29, 0.717) is 0 Å². The van der Waals surface area contributed by atoms with Gasteiger partial charge in [0.05, 0.1) is 11.5 Å². The Bertz CT molecular complexity index is 1050. The van der Waals surface area contributed by atoms with E-state index in [1.165, 1.54) is 10.7 Å². The smallest absolute Gasteiger partial charge is 0.211 e. The van der Waals surface area contributed by atoms with Gasteiger partial charge in [0.25, 0.3) is 0 Å². The van der Waals surface area contributed by atoms with Gasteiger partial charge in [-0.1, -0.05) is 30.3 Å². The van der Waals surface area contributed by atoms with Crippen LogP contribution in [-0.2, 0) is 0 Å². The molecule has 0 fully saturated rings. The highest BCUT2D eigenvalue weighted by molar-refractivity contribution is 5.96. The summed E-state index contributed by atoms with van der Waals surface area (Å²) in [6.07, 6.45) is 0. The number of fused-ring (bicyclic) bond motifs is 4. The fourth-order valence-electron chi connectivity index (χ4n) is 3.21. The fraction of sp³-hybridized carbons (Fsp3) is 0.200. The van der Waals surface area contributed by atoms with Crippen LogP contribution in [0, 0.1) is 0 Å². The Kier molecular flexibility index (Phi) is 4.54. The van der Waals surface area contributed by atoms with Crippen LogP contribution in [0.3, 0.4) is 0 Å². The lowest BCUT2D eigenvalue weighted by molar-refractivity contribution is -0.00000516. The number of halogens is 1. The zero-order valence-corrected chi connectivity index (χ0v) is 14.5. The van der Waals surface area contributed by atoms with E-state index in [1.807, 2.05) is 24.3 Å². The van der Waals surface area contributed by atoms with E-state index in [-0.39, 0.29) is 12.4 Å². The molecular formula is C20H19ClN2O. The number of benzene rings is 3. The molecule has 0 saturated heterocycles. The molecule has 0 spiro atoms. The molecule has 3 nitrogen and oxygen atoms in total. The predicted molar refractivity (Wildman–Crippen MR) is 94.5 cm³/mol. The van der Waals surface area contributed by atoms with Gasteiger partial charge in [-0.2, -0.15) is 0 Å². The molecule has 24 heavy (non-hydrogen) atoms. The van der Waals surface area contributed by atoms with Gasteiger partial charge in [0.2, 0.25) is 5.36 Å². The molecule has 0 aromatic heterocycles. The SMILES string of the molecule is CC[N+](CC)=c1cc2oc3ccccc3nc-2c2ccccc12.[Cl-]. The molecule has 4 heteroatoms. The lowest BCUT2D eigenvalue weighted by atomic mass is 10.0. The van der Waals surface area contributed by atoms with Crippen LogP contribution in [0.1, 0.15) is 13.8 Å². The number of para-hydroxylation sites is 2. The minimum Gasteiger partial charge on any atom is -1.00 e. The van der Waals surface area contributed by atoms with Crippen molar-refractivity contribution in [3.63, 3.8) is 0 Å². The topological polar surface area (TPSA) is 29.0 Å². The summed E-state index contributed by atoms with van der Waals surface area (Å²) in [6.45, 7) is 6.29. The van der Waals surface area contributed by atoms with E-state index in [0.717, 1.165) is 41.0 Å². The van der Waals surface area contributed by atoms with Crippen molar-refractivity contribution in [1.82, 2.24) is 9.56 Å². The third kappa shape index (κ3) is 2.55. The largest absolute Gasteiger partial charge is 1.00 e. The van der Waals surface area contributed by atoms with Crippen molar-refractivity contribution in [2.24, 2.45) is 0 Å². The lowest BCUT2D eigenvalue weighted by Crippen LogP contribution is -3.00. The first-order valence-electron chi connectivity index (χ1n) is 8.11. The quantitative estimate of drug-likeness (QED) is 0.309. The van der Waals surface area contributed by atoms with Crippen LogP contribution < -0.4 is 22.3 Å². The zero-order valence-electron chi connectivity index (χ0n) is 13.8. The van der Waals surface area contributed by atoms with E-state index in [9.17, 15) is 0 Å². The Labute approximate surface area is 147 Å². The van der Waals surface area contributed by atoms with Gasteiger partial charge < -0.3 is 16.8 Å². The van der Waals surface area contributed by atoms with E-state index in [4.69, 9.17) is 9.40 Å². The number of hydrogen-bond acceptors (Lipinski definition) is 2. The summed E-state index contributed by atoms with van der Waals surface area (Å²) in [5.74, 6) is 0.837. The van der Waals surface area contributed by atoms with Crippen LogP contribution in [0.2, 0.25) is 0 Å². The Morgan fingerprint density at radius 3 is 2.33 bits per heavy atom. The average Bonchev–Trinajstić information content (AvgIpc) is 2.61. The number of nitrogens with zero attached hydrogens (tertiary/aromatic N) is 2. The Hall–Kier alpha value is -2.39. The molecule has 122 valence electrons. The van der Waals surface area contributed by atoms with Crippen LogP contribution in [0.5, 0.6) is 0 Å². The third-order valence-electron chi connectivity index (χ3n) is 4.38. The van der Waals surface area contributed by atoms with Gasteiger partial charge in [-0.15, -0.1) is 0 Å². The average molecular weight is 339 g/mol. The lowest BCUT2D eigenvalue weighted by Gasteiger charge is -2.10. The van der Waals surface area contributed by atoms with Crippen LogP contribution in [-0.4, -0.2) is 18.1 Å². The molecule has 0 bridgehead atoms. The van der Waals surface area contributed by atoms with Gasteiger partial charge in [-0.05, 0) is 32.0 Å². The van der Waals surface area contributed by atoms with E-state index >= 15 is 0 Å². The molecule has 0 radical (unpaired) electrons. The van der Waals surface area contributed by atoms with Crippen LogP contribution in [0.25, 0.3) is 33.3 Å². The molecule has 2 aliphatic rings. The summed E-state index contributed by atoms with van der Waals surface area (Å²) in [7, 11) is 0. The fourth-order valence-corrected chi connectivity index (χ4v) is 3.21. The molecule has 0 atom stereocenters. The first-order valence-corrected chi connectivity index (χ1v) is 8.11. The zero-order chi connectivity index (χ0) is 15.8. The van der Waals surface area contributed by atoms with E-state index in [2.05, 4.69) is 48.8 Å². The molecule has 1 aliphatic heterocycles. The maximum atomic E-state index is 6.14. The molecule has 1 aliphatic carbocycles. The summed E-state index contributed by atoms with van der Waals surface area (Å²) in [5.41, 5.74) is 2.64. The monoisotopic (exact) mass is 338 g/mol. The van der Waals surface area contributed by atoms with Crippen molar-refractivity contribution in [1.29, 1.82) is 0 Å². The normalized spacial score (nSPS) is 10.9. The van der Waals surface area contributed by atoms with Crippen molar-refractivity contribution < 1.29 is 16.8 Å². The maximum Gasteiger partial charge on any atom is 0.211 e. The van der Waals surface area contributed by atoms with Gasteiger partial charge in [0, 0.05) is 5.39 Å². The first-order chi connectivity index (χ1) is 11.3. The summed E-state index contributed by atoms with van der Waals surface area (Å²) in [4.78, 5) is 4.85. The minimum atomic E-state index is 0. The van der Waals surface area contributed by atoms with E-state index in [1.54, 1.807) is 0 Å². The number of aromatic nitrogens is 1. The van der Waals surface area contributed by atoms with Gasteiger partial charge in [-0.3, -0.25) is 0 Å². The standard InChI is InChI=1S/C20H19N2O.ClH/c1-3-22(4-2)17-13-19-20(15-10-6-5-9-14(15)17)21-16-11-7-8-12-18(16)23-19;/h5-13H,3-4H2,1-2H3;1H/q+1;/p-1. The number of hydrogen-bond donors (Lipinski definition) is 0. The Morgan fingerprint density at radius 1 is 0.917 bits per heavy atom.